The van der Waals surface area contributed by atoms with Crippen LogP contribution in [0.4, 0.5) is 8.78 Å². The lowest BCUT2D eigenvalue weighted by atomic mass is 9.89. The first kappa shape index (κ1) is 19.5. The Balaban J connectivity index is 1.18. The second kappa shape index (κ2) is 7.91. The number of carbonyl (C=O) groups is 1. The molecular weight excluding hydrogens is 350 g/mol. The van der Waals surface area contributed by atoms with E-state index in [1.54, 1.807) is 4.90 Å². The van der Waals surface area contributed by atoms with Crippen LogP contribution in [-0.2, 0) is 4.79 Å². The number of nitrogens with zero attached hydrogens (tertiary/aromatic N) is 2. The zero-order valence-corrected chi connectivity index (χ0v) is 16.2. The van der Waals surface area contributed by atoms with Crippen molar-refractivity contribution in [3.8, 4) is 0 Å². The molecule has 2 saturated heterocycles. The van der Waals surface area contributed by atoms with E-state index in [2.05, 4.69) is 10.2 Å². The smallest absolute Gasteiger partial charge is 0.260 e. The third kappa shape index (κ3) is 4.46. The van der Waals surface area contributed by atoms with Crippen molar-refractivity contribution < 1.29 is 13.6 Å². The summed E-state index contributed by atoms with van der Waals surface area (Å²) in [6.45, 7) is 3.42. The second-order valence-electron chi connectivity index (χ2n) is 9.11. The van der Waals surface area contributed by atoms with Crippen LogP contribution >= 0.6 is 0 Å². The Hall–Kier alpha value is -0.790. The van der Waals surface area contributed by atoms with Gasteiger partial charge in [-0.25, -0.2) is 8.78 Å². The third-order valence-electron chi connectivity index (χ3n) is 7.22. The largest absolute Gasteiger partial charge is 0.342 e. The van der Waals surface area contributed by atoms with E-state index in [9.17, 15) is 13.6 Å². The van der Waals surface area contributed by atoms with Crippen molar-refractivity contribution >= 4 is 5.91 Å². The van der Waals surface area contributed by atoms with Gasteiger partial charge in [-0.05, 0) is 51.6 Å². The maximum atomic E-state index is 13.1. The van der Waals surface area contributed by atoms with Gasteiger partial charge in [0.2, 0.25) is 5.91 Å². The van der Waals surface area contributed by atoms with Crippen LogP contribution in [0, 0.1) is 5.92 Å². The van der Waals surface area contributed by atoms with Crippen LogP contribution in [0.15, 0.2) is 0 Å². The molecular formula is C20H34F2N4O. The minimum Gasteiger partial charge on any atom is -0.342 e. The Morgan fingerprint density at radius 2 is 1.59 bits per heavy atom. The summed E-state index contributed by atoms with van der Waals surface area (Å²) in [7, 11) is 0. The predicted molar refractivity (Wildman–Crippen MR) is 101 cm³/mol. The molecule has 0 aromatic carbocycles. The zero-order valence-electron chi connectivity index (χ0n) is 16.2. The quantitative estimate of drug-likeness (QED) is 0.778. The number of carbonyl (C=O) groups excluding carboxylic acids is 1. The summed E-state index contributed by atoms with van der Waals surface area (Å²) in [5.41, 5.74) is 6.27. The van der Waals surface area contributed by atoms with Crippen molar-refractivity contribution in [2.75, 3.05) is 26.2 Å². The van der Waals surface area contributed by atoms with E-state index in [4.69, 9.17) is 5.73 Å². The fraction of sp³-hybridized carbons (Fsp3) is 0.950. The van der Waals surface area contributed by atoms with E-state index in [0.29, 0.717) is 37.3 Å². The number of likely N-dealkylation sites (tertiary alicyclic amines) is 2. The highest BCUT2D eigenvalue weighted by Gasteiger charge is 2.62. The summed E-state index contributed by atoms with van der Waals surface area (Å²) >= 11 is 0. The molecule has 3 N–H and O–H groups in total. The number of piperidine rings is 2. The maximum absolute atomic E-state index is 13.1. The van der Waals surface area contributed by atoms with Crippen molar-refractivity contribution in [2.24, 2.45) is 11.7 Å². The van der Waals surface area contributed by atoms with Crippen LogP contribution in [0.1, 0.15) is 57.8 Å². The lowest BCUT2D eigenvalue weighted by Gasteiger charge is -2.43. The summed E-state index contributed by atoms with van der Waals surface area (Å²) in [6.07, 6.45) is 8.76. The van der Waals surface area contributed by atoms with Crippen molar-refractivity contribution in [1.82, 2.24) is 15.1 Å². The molecule has 2 aliphatic heterocycles. The van der Waals surface area contributed by atoms with Crippen molar-refractivity contribution in [2.45, 2.75) is 87.9 Å². The molecule has 2 aliphatic carbocycles. The van der Waals surface area contributed by atoms with Crippen LogP contribution in [-0.4, -0.2) is 72.0 Å². The first-order valence-corrected chi connectivity index (χ1v) is 10.9. The van der Waals surface area contributed by atoms with Crippen LogP contribution in [0.3, 0.4) is 0 Å². The van der Waals surface area contributed by atoms with Crippen LogP contribution in [0.2, 0.25) is 0 Å². The lowest BCUT2D eigenvalue weighted by molar-refractivity contribution is -0.136. The van der Waals surface area contributed by atoms with Crippen molar-refractivity contribution in [3.63, 3.8) is 0 Å². The molecule has 3 atom stereocenters. The van der Waals surface area contributed by atoms with Gasteiger partial charge in [0.15, 0.2) is 0 Å². The Morgan fingerprint density at radius 1 is 0.963 bits per heavy atom. The molecule has 154 valence electrons. The van der Waals surface area contributed by atoms with Gasteiger partial charge in [0.25, 0.3) is 5.92 Å². The number of halogens is 2. The van der Waals surface area contributed by atoms with E-state index in [-0.39, 0.29) is 12.3 Å². The van der Waals surface area contributed by atoms with Gasteiger partial charge in [-0.15, -0.1) is 0 Å². The SMILES string of the molecule is N[C@H]1CCCC[C@@H]1NC1CCN(C2CCN(C(=O)C3CC3(F)F)CC2)CC1. The first-order valence-electron chi connectivity index (χ1n) is 10.9. The van der Waals surface area contributed by atoms with Crippen molar-refractivity contribution in [1.29, 1.82) is 0 Å². The van der Waals surface area contributed by atoms with E-state index in [1.165, 1.54) is 19.3 Å². The number of nitrogens with one attached hydrogen (secondary N) is 1. The molecule has 0 aromatic heterocycles. The highest BCUT2D eigenvalue weighted by molar-refractivity contribution is 5.83. The van der Waals surface area contributed by atoms with Gasteiger partial charge in [0.1, 0.15) is 5.92 Å². The highest BCUT2D eigenvalue weighted by atomic mass is 19.3. The van der Waals surface area contributed by atoms with Crippen LogP contribution < -0.4 is 11.1 Å². The molecule has 0 spiro atoms. The average Bonchev–Trinajstić information content (AvgIpc) is 3.32. The molecule has 4 rings (SSSR count). The van der Waals surface area contributed by atoms with Gasteiger partial charge in [0, 0.05) is 43.7 Å². The second-order valence-corrected chi connectivity index (χ2v) is 9.11. The van der Waals surface area contributed by atoms with E-state index in [1.807, 2.05) is 0 Å². The van der Waals surface area contributed by atoms with Crippen molar-refractivity contribution in [3.05, 3.63) is 0 Å². The highest BCUT2D eigenvalue weighted by Crippen LogP contribution is 2.49. The average molecular weight is 385 g/mol. The molecule has 0 aromatic rings. The van der Waals surface area contributed by atoms with Gasteiger partial charge < -0.3 is 20.9 Å². The minimum atomic E-state index is -2.75. The molecule has 5 nitrogen and oxygen atoms in total. The molecule has 1 amide bonds. The lowest BCUT2D eigenvalue weighted by Crippen LogP contribution is -2.55. The molecule has 2 heterocycles. The number of hydrogen-bond donors (Lipinski definition) is 2. The van der Waals surface area contributed by atoms with E-state index >= 15 is 0 Å². The molecule has 0 radical (unpaired) electrons. The minimum absolute atomic E-state index is 0.253. The fourth-order valence-electron chi connectivity index (χ4n) is 5.25. The number of amides is 1. The topological polar surface area (TPSA) is 61.6 Å². The molecule has 2 saturated carbocycles. The number of rotatable bonds is 4. The van der Waals surface area contributed by atoms with Crippen LogP contribution in [0.5, 0.6) is 0 Å². The monoisotopic (exact) mass is 384 g/mol. The maximum Gasteiger partial charge on any atom is 0.260 e. The Morgan fingerprint density at radius 3 is 2.19 bits per heavy atom. The van der Waals surface area contributed by atoms with Gasteiger partial charge in [-0.2, -0.15) is 0 Å². The molecule has 0 bridgehead atoms. The standard InChI is InChI=1S/C20H34F2N4O/c21-20(22)13-16(20)19(27)26-11-7-15(8-12-26)25-9-5-14(6-10-25)24-18-4-2-1-3-17(18)23/h14-18,24H,1-13,23H2/t16?,17-,18-/m0/s1. The predicted octanol–water partition coefficient (Wildman–Crippen LogP) is 1.96. The summed E-state index contributed by atoms with van der Waals surface area (Å²) in [4.78, 5) is 16.3. The zero-order chi connectivity index (χ0) is 19.0. The molecule has 4 aliphatic rings. The number of hydrogen-bond acceptors (Lipinski definition) is 4. The summed E-state index contributed by atoms with van der Waals surface area (Å²) in [6, 6.07) is 1.84. The summed E-state index contributed by atoms with van der Waals surface area (Å²) in [5.74, 6) is -4.11. The van der Waals surface area contributed by atoms with E-state index in [0.717, 1.165) is 45.2 Å². The van der Waals surface area contributed by atoms with Crippen LogP contribution in [0.25, 0.3) is 0 Å². The normalized spacial score (nSPS) is 36.0. The van der Waals surface area contributed by atoms with Gasteiger partial charge >= 0.3 is 0 Å². The fourth-order valence-corrected chi connectivity index (χ4v) is 5.25. The Labute approximate surface area is 161 Å². The van der Waals surface area contributed by atoms with E-state index < -0.39 is 11.8 Å². The van der Waals surface area contributed by atoms with Gasteiger partial charge in [-0.1, -0.05) is 12.8 Å². The third-order valence-corrected chi connectivity index (χ3v) is 7.22. The summed E-state index contributed by atoms with van der Waals surface area (Å²) < 4.78 is 26.3. The molecule has 4 fully saturated rings. The molecule has 1 unspecified atom stereocenters. The van der Waals surface area contributed by atoms with Gasteiger partial charge in [0.05, 0.1) is 0 Å². The molecule has 7 heteroatoms. The Kier molecular flexibility index (Phi) is 5.72. The number of nitrogens with two attached hydrogens (primary N) is 1. The first-order chi connectivity index (χ1) is 12.9. The molecule has 27 heavy (non-hydrogen) atoms. The van der Waals surface area contributed by atoms with Gasteiger partial charge in [-0.3, -0.25) is 4.79 Å². The number of alkyl halides is 2. The Bertz CT molecular complexity index is 530. The summed E-state index contributed by atoms with van der Waals surface area (Å²) in [5, 5.41) is 3.80.